The summed E-state index contributed by atoms with van der Waals surface area (Å²) in [6.07, 6.45) is 2.30. The molecule has 1 N–H and O–H groups in total. The quantitative estimate of drug-likeness (QED) is 0.887. The topological polar surface area (TPSA) is 73.2 Å². The number of pyridine rings is 2. The lowest BCUT2D eigenvalue weighted by Gasteiger charge is -2.27. The van der Waals surface area contributed by atoms with Gasteiger partial charge >= 0.3 is 0 Å². The Balaban J connectivity index is 1.81. The molecule has 0 unspecified atom stereocenters. The van der Waals surface area contributed by atoms with Crippen molar-refractivity contribution in [3.8, 4) is 0 Å². The Morgan fingerprint density at radius 1 is 1.36 bits per heavy atom. The minimum atomic E-state index is -0.103. The van der Waals surface area contributed by atoms with Crippen LogP contribution in [0.1, 0.15) is 29.1 Å². The molecule has 0 radical (unpaired) electrons. The van der Waals surface area contributed by atoms with Crippen LogP contribution in [0.15, 0.2) is 35.1 Å². The molecule has 0 aromatic carbocycles. The average Bonchev–Trinajstić information content (AvgIpc) is 2.58. The Kier molecular flexibility index (Phi) is 5.28. The molecule has 2 aromatic heterocycles. The third kappa shape index (κ3) is 4.14. The molecule has 132 valence electrons. The second kappa shape index (κ2) is 7.61. The van der Waals surface area contributed by atoms with E-state index in [1.54, 1.807) is 6.07 Å². The van der Waals surface area contributed by atoms with Crippen LogP contribution in [0.4, 0.5) is 0 Å². The van der Waals surface area contributed by atoms with Crippen LogP contribution < -0.4 is 10.9 Å². The summed E-state index contributed by atoms with van der Waals surface area (Å²) in [5, 5.41) is 2.99. The number of ether oxygens (including phenoxy) is 1. The Morgan fingerprint density at radius 2 is 2.20 bits per heavy atom. The zero-order valence-electron chi connectivity index (χ0n) is 14.6. The highest BCUT2D eigenvalue weighted by atomic mass is 16.5. The van der Waals surface area contributed by atoms with Crippen molar-refractivity contribution >= 4 is 5.91 Å². The molecule has 0 aliphatic heterocycles. The van der Waals surface area contributed by atoms with Crippen molar-refractivity contribution in [1.29, 1.82) is 0 Å². The summed E-state index contributed by atoms with van der Waals surface area (Å²) in [7, 11) is 1.51. The fraction of sp³-hybridized carbons (Fsp3) is 0.421. The van der Waals surface area contributed by atoms with Crippen molar-refractivity contribution in [3.05, 3.63) is 63.3 Å². The predicted octanol–water partition coefficient (Wildman–Crippen LogP) is 1.22. The Bertz CT molecular complexity index is 829. The standard InChI is InChI=1S/C19H23N3O3/c1-13-4-3-5-16(20-13)11-22-17-8-7-15(21-18(23)12-25-2)10-14(17)6-9-19(22)24/h3-6,9,15H,7-8,10-12H2,1-2H3,(H,21,23)/t15-/m1/s1. The molecule has 1 aliphatic rings. The zero-order valence-corrected chi connectivity index (χ0v) is 14.6. The van der Waals surface area contributed by atoms with Crippen LogP contribution in [-0.2, 0) is 28.9 Å². The maximum atomic E-state index is 12.4. The van der Waals surface area contributed by atoms with Crippen LogP contribution in [0.3, 0.4) is 0 Å². The molecule has 0 saturated carbocycles. The minimum absolute atomic E-state index is 0.0103. The highest BCUT2D eigenvalue weighted by molar-refractivity contribution is 5.77. The highest BCUT2D eigenvalue weighted by Crippen LogP contribution is 2.21. The number of hydrogen-bond acceptors (Lipinski definition) is 4. The van der Waals surface area contributed by atoms with Gasteiger partial charge in [-0.05, 0) is 43.9 Å². The maximum Gasteiger partial charge on any atom is 0.251 e. The van der Waals surface area contributed by atoms with Gasteiger partial charge in [-0.3, -0.25) is 14.6 Å². The van der Waals surface area contributed by atoms with Crippen molar-refractivity contribution in [2.75, 3.05) is 13.7 Å². The number of fused-ring (bicyclic) bond motifs is 1. The number of aryl methyl sites for hydroxylation is 1. The molecule has 25 heavy (non-hydrogen) atoms. The number of carbonyl (C=O) groups excluding carboxylic acids is 1. The van der Waals surface area contributed by atoms with Crippen molar-refractivity contribution in [2.45, 2.75) is 38.8 Å². The SMILES string of the molecule is COCC(=O)N[C@@H]1CCc2c(ccc(=O)n2Cc2cccc(C)n2)C1. The molecule has 0 saturated heterocycles. The molecule has 0 spiro atoms. The molecule has 0 bridgehead atoms. The number of nitrogens with one attached hydrogen (secondary N) is 1. The van der Waals surface area contributed by atoms with E-state index in [9.17, 15) is 9.59 Å². The molecule has 3 rings (SSSR count). The lowest BCUT2D eigenvalue weighted by atomic mass is 9.91. The van der Waals surface area contributed by atoms with E-state index in [1.807, 2.05) is 35.8 Å². The molecule has 6 nitrogen and oxygen atoms in total. The second-order valence-electron chi connectivity index (χ2n) is 6.44. The fourth-order valence-corrected chi connectivity index (χ4v) is 3.37. The van der Waals surface area contributed by atoms with Gasteiger partial charge in [-0.1, -0.05) is 12.1 Å². The maximum absolute atomic E-state index is 12.4. The summed E-state index contributed by atoms with van der Waals surface area (Å²) in [6, 6.07) is 9.41. The summed E-state index contributed by atoms with van der Waals surface area (Å²) < 4.78 is 6.67. The first-order valence-electron chi connectivity index (χ1n) is 8.49. The number of nitrogens with zero attached hydrogens (tertiary/aromatic N) is 2. The number of carbonyl (C=O) groups is 1. The first kappa shape index (κ1) is 17.4. The van der Waals surface area contributed by atoms with E-state index in [-0.39, 0.29) is 24.1 Å². The molecular formula is C19H23N3O3. The van der Waals surface area contributed by atoms with Gasteiger partial charge < -0.3 is 14.6 Å². The molecule has 1 amide bonds. The Morgan fingerprint density at radius 3 is 2.96 bits per heavy atom. The van der Waals surface area contributed by atoms with Crippen molar-refractivity contribution in [1.82, 2.24) is 14.9 Å². The van der Waals surface area contributed by atoms with E-state index >= 15 is 0 Å². The molecule has 1 aliphatic carbocycles. The van der Waals surface area contributed by atoms with Crippen LogP contribution in [-0.4, -0.2) is 35.2 Å². The van der Waals surface area contributed by atoms with Crippen LogP contribution in [0.25, 0.3) is 0 Å². The van der Waals surface area contributed by atoms with Gasteiger partial charge in [0.25, 0.3) is 5.56 Å². The van der Waals surface area contributed by atoms with Crippen LogP contribution >= 0.6 is 0 Å². The summed E-state index contributed by atoms with van der Waals surface area (Å²) in [4.78, 5) is 28.6. The summed E-state index contributed by atoms with van der Waals surface area (Å²) in [6.45, 7) is 2.49. The van der Waals surface area contributed by atoms with Gasteiger partial charge in [0.05, 0.1) is 12.2 Å². The van der Waals surface area contributed by atoms with E-state index in [0.717, 1.165) is 41.9 Å². The lowest BCUT2D eigenvalue weighted by molar-refractivity contribution is -0.125. The fourth-order valence-electron chi connectivity index (χ4n) is 3.37. The molecule has 2 heterocycles. The summed E-state index contributed by atoms with van der Waals surface area (Å²) in [5.41, 5.74) is 3.97. The molecule has 2 aromatic rings. The number of rotatable bonds is 5. The summed E-state index contributed by atoms with van der Waals surface area (Å²) >= 11 is 0. The molecule has 6 heteroatoms. The monoisotopic (exact) mass is 341 g/mol. The molecule has 1 atom stereocenters. The van der Waals surface area contributed by atoms with Gasteiger partial charge in [0.1, 0.15) is 6.61 Å². The van der Waals surface area contributed by atoms with Gasteiger partial charge in [0, 0.05) is 30.6 Å². The van der Waals surface area contributed by atoms with Gasteiger partial charge in [0.2, 0.25) is 5.91 Å². The first-order chi connectivity index (χ1) is 12.1. The number of methoxy groups -OCH3 is 1. The van der Waals surface area contributed by atoms with E-state index in [1.165, 1.54) is 7.11 Å². The third-order valence-electron chi connectivity index (χ3n) is 4.49. The molecular weight excluding hydrogens is 318 g/mol. The molecule has 0 fully saturated rings. The van der Waals surface area contributed by atoms with E-state index in [0.29, 0.717) is 6.54 Å². The van der Waals surface area contributed by atoms with Gasteiger partial charge in [-0.15, -0.1) is 0 Å². The van der Waals surface area contributed by atoms with Gasteiger partial charge in [-0.25, -0.2) is 0 Å². The normalized spacial score (nSPS) is 16.3. The Hall–Kier alpha value is -2.47. The predicted molar refractivity (Wildman–Crippen MR) is 94.6 cm³/mol. The van der Waals surface area contributed by atoms with E-state index < -0.39 is 0 Å². The van der Waals surface area contributed by atoms with Crippen LogP contribution in [0.2, 0.25) is 0 Å². The highest BCUT2D eigenvalue weighted by Gasteiger charge is 2.23. The number of amides is 1. The van der Waals surface area contributed by atoms with Gasteiger partial charge in [-0.2, -0.15) is 0 Å². The lowest BCUT2D eigenvalue weighted by Crippen LogP contribution is -2.42. The largest absolute Gasteiger partial charge is 0.375 e. The minimum Gasteiger partial charge on any atom is -0.375 e. The van der Waals surface area contributed by atoms with Crippen molar-refractivity contribution < 1.29 is 9.53 Å². The van der Waals surface area contributed by atoms with Gasteiger partial charge in [0.15, 0.2) is 0 Å². The Labute approximate surface area is 146 Å². The summed E-state index contributed by atoms with van der Waals surface area (Å²) in [5.74, 6) is -0.103. The second-order valence-corrected chi connectivity index (χ2v) is 6.44. The third-order valence-corrected chi connectivity index (χ3v) is 4.49. The van der Waals surface area contributed by atoms with E-state index in [2.05, 4.69) is 10.3 Å². The smallest absolute Gasteiger partial charge is 0.251 e. The first-order valence-corrected chi connectivity index (χ1v) is 8.49. The zero-order chi connectivity index (χ0) is 17.8. The van der Waals surface area contributed by atoms with Crippen LogP contribution in [0.5, 0.6) is 0 Å². The average molecular weight is 341 g/mol. The van der Waals surface area contributed by atoms with Crippen molar-refractivity contribution in [3.63, 3.8) is 0 Å². The van der Waals surface area contributed by atoms with E-state index in [4.69, 9.17) is 4.74 Å². The number of hydrogen-bond donors (Lipinski definition) is 1. The number of aromatic nitrogens is 2. The van der Waals surface area contributed by atoms with Crippen molar-refractivity contribution in [2.24, 2.45) is 0 Å². The van der Waals surface area contributed by atoms with Crippen LogP contribution in [0, 0.1) is 6.92 Å².